The second-order valence-corrected chi connectivity index (χ2v) is 4.96. The van der Waals surface area contributed by atoms with Crippen LogP contribution in [0.4, 0.5) is 8.78 Å². The van der Waals surface area contributed by atoms with E-state index in [1.54, 1.807) is 0 Å². The van der Waals surface area contributed by atoms with Gasteiger partial charge in [-0.25, -0.2) is 0 Å². The van der Waals surface area contributed by atoms with Gasteiger partial charge in [0, 0.05) is 0 Å². The van der Waals surface area contributed by atoms with Crippen molar-refractivity contribution in [3.63, 3.8) is 0 Å². The smallest absolute Gasteiger partial charge is 0.307 e. The predicted octanol–water partition coefficient (Wildman–Crippen LogP) is 3.62. The molecule has 0 radical (unpaired) electrons. The van der Waals surface area contributed by atoms with Gasteiger partial charge in [0.1, 0.15) is 0 Å². The Balaban J connectivity index is 1.67. The molecule has 2 bridgehead atoms. The molecule has 4 heteroatoms. The molecule has 3 unspecified atom stereocenters. The van der Waals surface area contributed by atoms with Gasteiger partial charge < -0.3 is 4.74 Å². The van der Waals surface area contributed by atoms with Crippen molar-refractivity contribution in [2.75, 3.05) is 6.61 Å². The zero-order valence-corrected chi connectivity index (χ0v) is 8.77. The largest absolute Gasteiger partial charge is 0.440 e. The zero-order chi connectivity index (χ0) is 10.2. The van der Waals surface area contributed by atoms with E-state index in [1.165, 1.54) is 25.7 Å². The molecule has 14 heavy (non-hydrogen) atoms. The molecule has 82 valence electrons. The van der Waals surface area contributed by atoms with Crippen LogP contribution in [0.2, 0.25) is 0 Å². The third kappa shape index (κ3) is 2.57. The first kappa shape index (κ1) is 10.6. The van der Waals surface area contributed by atoms with Gasteiger partial charge in [-0.2, -0.15) is 8.78 Å². The molecule has 2 aliphatic carbocycles. The Labute approximate surface area is 87.8 Å². The highest BCUT2D eigenvalue weighted by Crippen LogP contribution is 2.49. The van der Waals surface area contributed by atoms with Gasteiger partial charge in [0.15, 0.2) is 0 Å². The van der Waals surface area contributed by atoms with E-state index in [-0.39, 0.29) is 6.61 Å². The maximum Gasteiger partial charge on any atom is 0.440 e. The molecule has 0 spiro atoms. The highest BCUT2D eigenvalue weighted by atomic mass is 35.5. The van der Waals surface area contributed by atoms with Gasteiger partial charge in [0.25, 0.3) is 0 Å². The lowest BCUT2D eigenvalue weighted by Crippen LogP contribution is -2.17. The van der Waals surface area contributed by atoms with Crippen molar-refractivity contribution in [3.8, 4) is 0 Å². The van der Waals surface area contributed by atoms with Crippen molar-refractivity contribution >= 4 is 11.6 Å². The Morgan fingerprint density at radius 3 is 2.57 bits per heavy atom. The van der Waals surface area contributed by atoms with Crippen molar-refractivity contribution < 1.29 is 13.5 Å². The minimum atomic E-state index is -3.47. The Bertz CT molecular complexity index is 205. The topological polar surface area (TPSA) is 9.23 Å². The standard InChI is InChI=1S/C10H15ClF2O/c11-10(12,13)14-4-3-9-6-7-1-2-8(9)5-7/h7-9H,1-6H2. The quantitative estimate of drug-likeness (QED) is 0.663. The first-order valence-electron chi connectivity index (χ1n) is 5.25. The molecule has 2 saturated carbocycles. The normalized spacial score (nSPS) is 36.6. The van der Waals surface area contributed by atoms with Crippen molar-refractivity contribution in [2.45, 2.75) is 37.7 Å². The Hall–Kier alpha value is 0.110. The molecule has 2 fully saturated rings. The summed E-state index contributed by atoms with van der Waals surface area (Å²) >= 11 is 4.64. The van der Waals surface area contributed by atoms with Crippen LogP contribution in [0.1, 0.15) is 32.1 Å². The van der Waals surface area contributed by atoms with Crippen molar-refractivity contribution in [1.82, 2.24) is 0 Å². The fourth-order valence-electron chi connectivity index (χ4n) is 3.06. The van der Waals surface area contributed by atoms with Gasteiger partial charge in [-0.3, -0.25) is 0 Å². The summed E-state index contributed by atoms with van der Waals surface area (Å²) in [6, 6.07) is 0. The van der Waals surface area contributed by atoms with E-state index >= 15 is 0 Å². The Morgan fingerprint density at radius 2 is 2.07 bits per heavy atom. The van der Waals surface area contributed by atoms with E-state index in [0.717, 1.165) is 18.3 Å². The van der Waals surface area contributed by atoms with Gasteiger partial charge >= 0.3 is 5.57 Å². The molecular formula is C10H15ClF2O. The molecule has 0 aliphatic heterocycles. The zero-order valence-electron chi connectivity index (χ0n) is 8.02. The molecule has 2 aliphatic rings. The van der Waals surface area contributed by atoms with E-state index in [1.807, 2.05) is 0 Å². The Kier molecular flexibility index (Phi) is 2.98. The molecule has 0 saturated heterocycles. The summed E-state index contributed by atoms with van der Waals surface area (Å²) in [5.74, 6) is 2.24. The van der Waals surface area contributed by atoms with Crippen molar-refractivity contribution in [1.29, 1.82) is 0 Å². The SMILES string of the molecule is FC(F)(Cl)OCCC1CC2CCC1C2. The third-order valence-corrected chi connectivity index (χ3v) is 3.75. The van der Waals surface area contributed by atoms with E-state index in [2.05, 4.69) is 16.3 Å². The molecule has 0 aromatic rings. The first-order valence-corrected chi connectivity index (χ1v) is 5.63. The highest BCUT2D eigenvalue weighted by Gasteiger charge is 2.39. The lowest BCUT2D eigenvalue weighted by atomic mass is 9.87. The minimum absolute atomic E-state index is 0.0877. The van der Waals surface area contributed by atoms with Gasteiger partial charge in [0.05, 0.1) is 6.61 Å². The first-order chi connectivity index (χ1) is 6.54. The third-order valence-electron chi connectivity index (χ3n) is 3.64. The second kappa shape index (κ2) is 3.93. The molecule has 0 amide bonds. The van der Waals surface area contributed by atoms with E-state index < -0.39 is 5.57 Å². The molecule has 0 heterocycles. The molecule has 0 aromatic heterocycles. The molecule has 0 aromatic carbocycles. The van der Waals surface area contributed by atoms with Crippen molar-refractivity contribution in [3.05, 3.63) is 0 Å². The van der Waals surface area contributed by atoms with Gasteiger partial charge in [-0.05, 0) is 55.0 Å². The Morgan fingerprint density at radius 1 is 1.29 bits per heavy atom. The number of hydrogen-bond acceptors (Lipinski definition) is 1. The second-order valence-electron chi connectivity index (χ2n) is 4.52. The number of rotatable bonds is 4. The van der Waals surface area contributed by atoms with Crippen LogP contribution in [0.15, 0.2) is 0 Å². The van der Waals surface area contributed by atoms with Gasteiger partial charge in [-0.1, -0.05) is 6.42 Å². The lowest BCUT2D eigenvalue weighted by molar-refractivity contribution is -0.172. The summed E-state index contributed by atoms with van der Waals surface area (Å²) in [6.07, 6.45) is 5.88. The summed E-state index contributed by atoms with van der Waals surface area (Å²) in [7, 11) is 0. The predicted molar refractivity (Wildman–Crippen MR) is 50.3 cm³/mol. The fraction of sp³-hybridized carbons (Fsp3) is 1.00. The number of fused-ring (bicyclic) bond motifs is 2. The summed E-state index contributed by atoms with van der Waals surface area (Å²) in [5.41, 5.74) is -3.47. The average Bonchev–Trinajstić information content (AvgIpc) is 2.62. The van der Waals surface area contributed by atoms with Crippen LogP contribution in [0.5, 0.6) is 0 Å². The van der Waals surface area contributed by atoms with E-state index in [4.69, 9.17) is 0 Å². The highest BCUT2D eigenvalue weighted by molar-refractivity contribution is 6.20. The summed E-state index contributed by atoms with van der Waals surface area (Å²) < 4.78 is 28.5. The van der Waals surface area contributed by atoms with Gasteiger partial charge in [-0.15, -0.1) is 0 Å². The van der Waals surface area contributed by atoms with E-state index in [0.29, 0.717) is 5.92 Å². The molecule has 1 nitrogen and oxygen atoms in total. The van der Waals surface area contributed by atoms with Crippen LogP contribution in [0, 0.1) is 17.8 Å². The monoisotopic (exact) mass is 224 g/mol. The molecule has 0 N–H and O–H groups in total. The van der Waals surface area contributed by atoms with Crippen LogP contribution >= 0.6 is 11.6 Å². The number of halogens is 3. The average molecular weight is 225 g/mol. The lowest BCUT2D eigenvalue weighted by Gasteiger charge is -2.21. The maximum absolute atomic E-state index is 12.1. The fourth-order valence-corrected chi connectivity index (χ4v) is 3.13. The number of ether oxygens (including phenoxy) is 1. The summed E-state index contributed by atoms with van der Waals surface area (Å²) in [6.45, 7) is 0.0877. The van der Waals surface area contributed by atoms with Crippen LogP contribution < -0.4 is 0 Å². The maximum atomic E-state index is 12.1. The summed E-state index contributed by atoms with van der Waals surface area (Å²) in [5, 5.41) is 0. The molecular weight excluding hydrogens is 210 g/mol. The summed E-state index contributed by atoms with van der Waals surface area (Å²) in [4.78, 5) is 0. The van der Waals surface area contributed by atoms with Gasteiger partial charge in [0.2, 0.25) is 0 Å². The number of alkyl halides is 3. The molecule has 2 rings (SSSR count). The molecule has 3 atom stereocenters. The van der Waals surface area contributed by atoms with E-state index in [9.17, 15) is 8.78 Å². The van der Waals surface area contributed by atoms with Crippen LogP contribution in [-0.4, -0.2) is 12.2 Å². The number of hydrogen-bond donors (Lipinski definition) is 0. The van der Waals surface area contributed by atoms with Crippen LogP contribution in [0.25, 0.3) is 0 Å². The van der Waals surface area contributed by atoms with Crippen LogP contribution in [-0.2, 0) is 4.74 Å². The minimum Gasteiger partial charge on any atom is -0.307 e. The van der Waals surface area contributed by atoms with Crippen molar-refractivity contribution in [2.24, 2.45) is 17.8 Å². The van der Waals surface area contributed by atoms with Crippen LogP contribution in [0.3, 0.4) is 0 Å².